The SMILES string of the molecule is COc1cncc(Br)c1CCC(C)=O. The number of nitrogens with zero attached hydrogens (tertiary/aromatic N) is 1. The van der Waals surface area contributed by atoms with Gasteiger partial charge in [-0.25, -0.2) is 0 Å². The number of carbonyl (C=O) groups is 1. The third kappa shape index (κ3) is 2.80. The zero-order chi connectivity index (χ0) is 10.6. The van der Waals surface area contributed by atoms with Crippen LogP contribution in [0.4, 0.5) is 0 Å². The summed E-state index contributed by atoms with van der Waals surface area (Å²) >= 11 is 3.38. The average molecular weight is 258 g/mol. The molecule has 0 aromatic carbocycles. The predicted molar refractivity (Wildman–Crippen MR) is 57.5 cm³/mol. The van der Waals surface area contributed by atoms with Crippen molar-refractivity contribution in [1.29, 1.82) is 0 Å². The Balaban J connectivity index is 2.87. The minimum absolute atomic E-state index is 0.177. The highest BCUT2D eigenvalue weighted by atomic mass is 79.9. The van der Waals surface area contributed by atoms with E-state index in [1.165, 1.54) is 0 Å². The molecule has 0 saturated carbocycles. The van der Waals surface area contributed by atoms with Gasteiger partial charge in [-0.3, -0.25) is 4.98 Å². The van der Waals surface area contributed by atoms with Crippen molar-refractivity contribution in [3.05, 3.63) is 22.4 Å². The smallest absolute Gasteiger partial charge is 0.141 e. The summed E-state index contributed by atoms with van der Waals surface area (Å²) in [5, 5.41) is 0. The van der Waals surface area contributed by atoms with Gasteiger partial charge in [0.1, 0.15) is 11.5 Å². The Morgan fingerprint density at radius 3 is 2.86 bits per heavy atom. The second-order valence-electron chi connectivity index (χ2n) is 3.00. The predicted octanol–water partition coefficient (Wildman–Crippen LogP) is 2.37. The zero-order valence-electron chi connectivity index (χ0n) is 8.21. The molecule has 0 amide bonds. The Kier molecular flexibility index (Phi) is 4.07. The highest BCUT2D eigenvalue weighted by Gasteiger charge is 2.08. The van der Waals surface area contributed by atoms with Gasteiger partial charge < -0.3 is 9.53 Å². The lowest BCUT2D eigenvalue weighted by Gasteiger charge is -2.08. The van der Waals surface area contributed by atoms with E-state index in [2.05, 4.69) is 20.9 Å². The summed E-state index contributed by atoms with van der Waals surface area (Å²) in [5.41, 5.74) is 0.998. The van der Waals surface area contributed by atoms with Crippen molar-refractivity contribution in [2.45, 2.75) is 19.8 Å². The molecule has 0 unspecified atom stereocenters. The van der Waals surface area contributed by atoms with Gasteiger partial charge in [0, 0.05) is 22.7 Å². The molecule has 76 valence electrons. The van der Waals surface area contributed by atoms with E-state index in [1.54, 1.807) is 26.4 Å². The quantitative estimate of drug-likeness (QED) is 0.832. The number of carbonyl (C=O) groups excluding carboxylic acids is 1. The van der Waals surface area contributed by atoms with Gasteiger partial charge in [-0.2, -0.15) is 0 Å². The standard InChI is InChI=1S/C10H12BrNO2/c1-7(13)3-4-8-9(11)5-12-6-10(8)14-2/h5-6H,3-4H2,1-2H3. The van der Waals surface area contributed by atoms with Crippen molar-refractivity contribution in [2.24, 2.45) is 0 Å². The van der Waals surface area contributed by atoms with Crippen LogP contribution in [-0.2, 0) is 11.2 Å². The van der Waals surface area contributed by atoms with E-state index in [9.17, 15) is 4.79 Å². The minimum Gasteiger partial charge on any atom is -0.495 e. The Bertz CT molecular complexity index is 339. The van der Waals surface area contributed by atoms with Crippen LogP contribution >= 0.6 is 15.9 Å². The number of aromatic nitrogens is 1. The molecule has 0 radical (unpaired) electrons. The molecule has 0 atom stereocenters. The maximum atomic E-state index is 10.9. The van der Waals surface area contributed by atoms with Crippen molar-refractivity contribution in [2.75, 3.05) is 7.11 Å². The summed E-state index contributed by atoms with van der Waals surface area (Å²) in [7, 11) is 1.60. The number of halogens is 1. The molecule has 0 aliphatic rings. The molecular weight excluding hydrogens is 246 g/mol. The molecule has 4 heteroatoms. The van der Waals surface area contributed by atoms with Crippen LogP contribution in [0.3, 0.4) is 0 Å². The Morgan fingerprint density at radius 2 is 2.29 bits per heavy atom. The van der Waals surface area contributed by atoms with Gasteiger partial charge in [-0.05, 0) is 29.3 Å². The molecule has 0 fully saturated rings. The average Bonchev–Trinajstić information content (AvgIpc) is 2.15. The number of pyridine rings is 1. The van der Waals surface area contributed by atoms with Crippen molar-refractivity contribution in [3.63, 3.8) is 0 Å². The first-order valence-electron chi connectivity index (χ1n) is 4.31. The summed E-state index contributed by atoms with van der Waals surface area (Å²) in [6.45, 7) is 1.58. The van der Waals surface area contributed by atoms with Crippen LogP contribution in [0.5, 0.6) is 5.75 Å². The first kappa shape index (κ1) is 11.2. The number of ketones is 1. The third-order valence-electron chi connectivity index (χ3n) is 1.91. The summed E-state index contributed by atoms with van der Waals surface area (Å²) < 4.78 is 6.04. The van der Waals surface area contributed by atoms with Gasteiger partial charge >= 0.3 is 0 Å². The lowest BCUT2D eigenvalue weighted by Crippen LogP contribution is -1.98. The van der Waals surface area contributed by atoms with Crippen molar-refractivity contribution in [3.8, 4) is 5.75 Å². The van der Waals surface area contributed by atoms with E-state index in [1.807, 2.05) is 0 Å². The molecule has 0 spiro atoms. The Hall–Kier alpha value is -0.900. The van der Waals surface area contributed by atoms with Gasteiger partial charge in [0.2, 0.25) is 0 Å². The number of hydrogen-bond donors (Lipinski definition) is 0. The second kappa shape index (κ2) is 5.10. The van der Waals surface area contributed by atoms with Crippen LogP contribution in [0.15, 0.2) is 16.9 Å². The molecule has 0 bridgehead atoms. The molecule has 1 aromatic rings. The largest absolute Gasteiger partial charge is 0.495 e. The fourth-order valence-electron chi connectivity index (χ4n) is 1.16. The van der Waals surface area contributed by atoms with Crippen LogP contribution in [0.2, 0.25) is 0 Å². The molecule has 0 saturated heterocycles. The second-order valence-corrected chi connectivity index (χ2v) is 3.86. The highest BCUT2D eigenvalue weighted by molar-refractivity contribution is 9.10. The number of rotatable bonds is 4. The summed E-state index contributed by atoms with van der Waals surface area (Å²) in [6.07, 6.45) is 4.57. The third-order valence-corrected chi connectivity index (χ3v) is 2.60. The summed E-state index contributed by atoms with van der Waals surface area (Å²) in [4.78, 5) is 14.8. The Labute approximate surface area is 91.6 Å². The van der Waals surface area contributed by atoms with Crippen molar-refractivity contribution < 1.29 is 9.53 Å². The first-order valence-corrected chi connectivity index (χ1v) is 5.10. The maximum absolute atomic E-state index is 10.9. The van der Waals surface area contributed by atoms with Crippen LogP contribution in [0.1, 0.15) is 18.9 Å². The fourth-order valence-corrected chi connectivity index (χ4v) is 1.68. The Morgan fingerprint density at radius 1 is 1.57 bits per heavy atom. The summed E-state index contributed by atoms with van der Waals surface area (Å²) in [6, 6.07) is 0. The van der Waals surface area contributed by atoms with Crippen LogP contribution < -0.4 is 4.74 Å². The zero-order valence-corrected chi connectivity index (χ0v) is 9.80. The number of ether oxygens (including phenoxy) is 1. The summed E-state index contributed by atoms with van der Waals surface area (Å²) in [5.74, 6) is 0.899. The lowest BCUT2D eigenvalue weighted by atomic mass is 10.1. The van der Waals surface area contributed by atoms with Gasteiger partial charge in [0.05, 0.1) is 13.3 Å². The van der Waals surface area contributed by atoms with Crippen LogP contribution in [0.25, 0.3) is 0 Å². The topological polar surface area (TPSA) is 39.2 Å². The van der Waals surface area contributed by atoms with Crippen LogP contribution in [0, 0.1) is 0 Å². The molecule has 1 heterocycles. The fraction of sp³-hybridized carbons (Fsp3) is 0.400. The van der Waals surface area contributed by atoms with E-state index in [0.717, 1.165) is 15.8 Å². The van der Waals surface area contributed by atoms with Crippen LogP contribution in [-0.4, -0.2) is 17.9 Å². The number of hydrogen-bond acceptors (Lipinski definition) is 3. The van der Waals surface area contributed by atoms with E-state index >= 15 is 0 Å². The normalized spacial score (nSPS) is 9.93. The van der Waals surface area contributed by atoms with Gasteiger partial charge in [-0.1, -0.05) is 0 Å². The van der Waals surface area contributed by atoms with E-state index in [-0.39, 0.29) is 5.78 Å². The van der Waals surface area contributed by atoms with Gasteiger partial charge in [0.15, 0.2) is 0 Å². The van der Waals surface area contributed by atoms with E-state index in [4.69, 9.17) is 4.74 Å². The molecule has 0 aliphatic heterocycles. The van der Waals surface area contributed by atoms with E-state index < -0.39 is 0 Å². The van der Waals surface area contributed by atoms with Gasteiger partial charge in [-0.15, -0.1) is 0 Å². The van der Waals surface area contributed by atoms with Crippen molar-refractivity contribution in [1.82, 2.24) is 4.98 Å². The van der Waals surface area contributed by atoms with Gasteiger partial charge in [0.25, 0.3) is 0 Å². The molecule has 0 aliphatic carbocycles. The molecule has 0 N–H and O–H groups in total. The van der Waals surface area contributed by atoms with Crippen molar-refractivity contribution >= 4 is 21.7 Å². The molecule has 14 heavy (non-hydrogen) atoms. The number of Topliss-reactive ketones (excluding diaryl/α,β-unsaturated/α-hetero) is 1. The monoisotopic (exact) mass is 257 g/mol. The minimum atomic E-state index is 0.177. The molecule has 3 nitrogen and oxygen atoms in total. The molecule has 1 aromatic heterocycles. The molecule has 1 rings (SSSR count). The number of methoxy groups -OCH3 is 1. The first-order chi connectivity index (χ1) is 6.65. The maximum Gasteiger partial charge on any atom is 0.141 e. The highest BCUT2D eigenvalue weighted by Crippen LogP contribution is 2.26. The lowest BCUT2D eigenvalue weighted by molar-refractivity contribution is -0.116. The molecular formula is C10H12BrNO2. The van der Waals surface area contributed by atoms with E-state index in [0.29, 0.717) is 12.8 Å².